The average Bonchev–Trinajstić information content (AvgIpc) is 3.22. The van der Waals surface area contributed by atoms with Gasteiger partial charge < -0.3 is 10.1 Å². The minimum atomic E-state index is -3.56. The number of thiophene rings is 1. The quantitative estimate of drug-likeness (QED) is 0.256. The topological polar surface area (TPSA) is 121 Å². The molecule has 8 nitrogen and oxygen atoms in total. The molecule has 0 aliphatic heterocycles. The van der Waals surface area contributed by atoms with Crippen molar-refractivity contribution in [3.63, 3.8) is 0 Å². The van der Waals surface area contributed by atoms with Crippen LogP contribution in [0.3, 0.4) is 0 Å². The molecule has 2 aromatic carbocycles. The maximum absolute atomic E-state index is 14.1. The summed E-state index contributed by atoms with van der Waals surface area (Å²) >= 11 is 7.23. The average molecular weight is 589 g/mol. The molecule has 0 atom stereocenters. The van der Waals surface area contributed by atoms with Crippen molar-refractivity contribution in [3.8, 4) is 23.1 Å². The zero-order chi connectivity index (χ0) is 28.3. The molecule has 0 radical (unpaired) electrons. The van der Waals surface area contributed by atoms with Crippen LogP contribution >= 0.6 is 22.9 Å². The van der Waals surface area contributed by atoms with Gasteiger partial charge in [0.25, 0.3) is 5.91 Å². The Labute approximate surface area is 231 Å². The molecule has 13 heteroatoms. The van der Waals surface area contributed by atoms with Gasteiger partial charge in [-0.25, -0.2) is 22.2 Å². The van der Waals surface area contributed by atoms with Gasteiger partial charge in [0.05, 0.1) is 34.6 Å². The fraction of sp³-hybridized carbons (Fsp3) is 0.115. The third-order valence-corrected chi connectivity index (χ3v) is 7.03. The molecule has 0 fully saturated rings. The van der Waals surface area contributed by atoms with Gasteiger partial charge in [-0.3, -0.25) is 9.52 Å². The van der Waals surface area contributed by atoms with Crippen molar-refractivity contribution in [2.45, 2.75) is 13.5 Å². The van der Waals surface area contributed by atoms with Gasteiger partial charge in [-0.05, 0) is 55.0 Å². The maximum atomic E-state index is 14.1. The lowest BCUT2D eigenvalue weighted by Gasteiger charge is -2.11. The van der Waals surface area contributed by atoms with Crippen LogP contribution in [-0.2, 0) is 16.6 Å². The molecule has 0 aliphatic rings. The summed E-state index contributed by atoms with van der Waals surface area (Å²) in [7, 11) is -3.56. The Morgan fingerprint density at radius 2 is 1.85 bits per heavy atom. The summed E-state index contributed by atoms with van der Waals surface area (Å²) < 4.78 is 59.0. The number of aryl methyl sites for hydroxylation is 1. The summed E-state index contributed by atoms with van der Waals surface area (Å²) in [6.45, 7) is 1.60. The monoisotopic (exact) mass is 588 g/mol. The number of nitriles is 1. The molecule has 0 unspecified atom stereocenters. The lowest BCUT2D eigenvalue weighted by molar-refractivity contribution is 0.103. The summed E-state index contributed by atoms with van der Waals surface area (Å²) in [6.07, 6.45) is 2.00. The van der Waals surface area contributed by atoms with E-state index in [9.17, 15) is 22.0 Å². The van der Waals surface area contributed by atoms with E-state index in [1.807, 2.05) is 6.07 Å². The first-order valence-corrected chi connectivity index (χ1v) is 14.2. The number of sulfonamides is 1. The van der Waals surface area contributed by atoms with Crippen molar-refractivity contribution in [2.75, 3.05) is 16.3 Å². The number of nitrogens with zero attached hydrogens (tertiary/aromatic N) is 2. The van der Waals surface area contributed by atoms with Gasteiger partial charge in [-0.15, -0.1) is 11.3 Å². The molecule has 4 rings (SSSR count). The summed E-state index contributed by atoms with van der Waals surface area (Å²) in [5, 5.41) is 12.0. The lowest BCUT2D eigenvalue weighted by atomic mass is 10.1. The molecule has 2 aromatic heterocycles. The summed E-state index contributed by atoms with van der Waals surface area (Å²) in [6, 6.07) is 12.6. The van der Waals surface area contributed by atoms with E-state index in [2.05, 4.69) is 15.0 Å². The molecule has 0 bridgehead atoms. The number of nitrogens with one attached hydrogen (secondary N) is 2. The van der Waals surface area contributed by atoms with Crippen LogP contribution in [0.25, 0.3) is 11.3 Å². The highest BCUT2D eigenvalue weighted by Crippen LogP contribution is 2.36. The molecule has 0 saturated carbocycles. The molecule has 0 saturated heterocycles. The molecule has 2 N–H and O–H groups in total. The summed E-state index contributed by atoms with van der Waals surface area (Å²) in [5.74, 6) is -1.68. The third-order valence-electron chi connectivity index (χ3n) is 5.16. The van der Waals surface area contributed by atoms with Crippen molar-refractivity contribution in [1.29, 1.82) is 5.26 Å². The van der Waals surface area contributed by atoms with E-state index in [-0.39, 0.29) is 40.0 Å². The normalized spacial score (nSPS) is 11.1. The number of hydrogen-bond acceptors (Lipinski definition) is 7. The van der Waals surface area contributed by atoms with Gasteiger partial charge >= 0.3 is 0 Å². The van der Waals surface area contributed by atoms with E-state index >= 15 is 0 Å². The number of benzene rings is 2. The summed E-state index contributed by atoms with van der Waals surface area (Å²) in [4.78, 5) is 18.1. The lowest BCUT2D eigenvalue weighted by Crippen LogP contribution is -2.12. The maximum Gasteiger partial charge on any atom is 0.265 e. The van der Waals surface area contributed by atoms with E-state index in [0.29, 0.717) is 20.9 Å². The molecule has 39 heavy (non-hydrogen) atoms. The molecular formula is C26H19ClF2N4O4S2. The van der Waals surface area contributed by atoms with Crippen LogP contribution in [0.1, 0.15) is 25.7 Å². The van der Waals surface area contributed by atoms with Crippen molar-refractivity contribution in [3.05, 3.63) is 92.3 Å². The van der Waals surface area contributed by atoms with Crippen LogP contribution in [0.15, 0.2) is 54.7 Å². The van der Waals surface area contributed by atoms with Crippen molar-refractivity contribution in [1.82, 2.24) is 4.98 Å². The zero-order valence-electron chi connectivity index (χ0n) is 20.4. The predicted molar refractivity (Wildman–Crippen MR) is 146 cm³/mol. The Bertz CT molecular complexity index is 1740. The van der Waals surface area contributed by atoms with Gasteiger partial charge in [0.2, 0.25) is 10.0 Å². The van der Waals surface area contributed by atoms with Crippen LogP contribution < -0.4 is 14.8 Å². The number of pyridine rings is 1. The summed E-state index contributed by atoms with van der Waals surface area (Å²) in [5.41, 5.74) is 1.72. The fourth-order valence-electron chi connectivity index (χ4n) is 3.65. The molecule has 0 aliphatic carbocycles. The fourth-order valence-corrected chi connectivity index (χ4v) is 5.35. The second-order valence-corrected chi connectivity index (χ2v) is 11.8. The first-order chi connectivity index (χ1) is 18.4. The Hall–Kier alpha value is -4.05. The molecule has 200 valence electrons. The van der Waals surface area contributed by atoms with Crippen molar-refractivity contribution in [2.24, 2.45) is 0 Å². The highest BCUT2D eigenvalue weighted by atomic mass is 35.5. The minimum Gasteiger partial charge on any atom is -0.487 e. The number of amides is 1. The molecule has 1 amide bonds. The smallest absolute Gasteiger partial charge is 0.265 e. The Kier molecular flexibility index (Phi) is 8.15. The number of hydrogen-bond donors (Lipinski definition) is 2. The van der Waals surface area contributed by atoms with Crippen LogP contribution in [0.4, 0.5) is 20.2 Å². The van der Waals surface area contributed by atoms with Crippen molar-refractivity contribution < 1.29 is 26.7 Å². The number of rotatable bonds is 8. The highest BCUT2D eigenvalue weighted by Gasteiger charge is 2.19. The van der Waals surface area contributed by atoms with Crippen molar-refractivity contribution >= 4 is 50.2 Å². The van der Waals surface area contributed by atoms with Gasteiger partial charge in [0, 0.05) is 27.2 Å². The third kappa shape index (κ3) is 7.29. The van der Waals surface area contributed by atoms with Gasteiger partial charge in [0.15, 0.2) is 0 Å². The first kappa shape index (κ1) is 28.0. The van der Waals surface area contributed by atoms with Gasteiger partial charge in [-0.2, -0.15) is 5.26 Å². The largest absolute Gasteiger partial charge is 0.487 e. The van der Waals surface area contributed by atoms with E-state index in [1.54, 1.807) is 13.0 Å². The van der Waals surface area contributed by atoms with E-state index in [1.165, 1.54) is 30.3 Å². The van der Waals surface area contributed by atoms with Crippen LogP contribution in [0, 0.1) is 29.9 Å². The van der Waals surface area contributed by atoms with Gasteiger partial charge in [0.1, 0.15) is 29.7 Å². The van der Waals surface area contributed by atoms with Gasteiger partial charge in [-0.1, -0.05) is 11.6 Å². The second kappa shape index (κ2) is 11.4. The minimum absolute atomic E-state index is 0.0666. The number of aromatic nitrogens is 1. The first-order valence-electron chi connectivity index (χ1n) is 11.1. The zero-order valence-corrected chi connectivity index (χ0v) is 22.8. The van der Waals surface area contributed by atoms with E-state index in [0.717, 1.165) is 35.9 Å². The predicted octanol–water partition coefficient (Wildman–Crippen LogP) is 6.12. The van der Waals surface area contributed by atoms with Crippen LogP contribution in [0.2, 0.25) is 5.02 Å². The second-order valence-electron chi connectivity index (χ2n) is 8.39. The van der Waals surface area contributed by atoms with E-state index in [4.69, 9.17) is 21.6 Å². The molecule has 2 heterocycles. The number of carbonyl (C=O) groups excluding carboxylic acids is 1. The Morgan fingerprint density at radius 1 is 1.10 bits per heavy atom. The number of halogens is 3. The van der Waals surface area contributed by atoms with Crippen LogP contribution in [0.5, 0.6) is 5.75 Å². The molecule has 0 spiro atoms. The Balaban J connectivity index is 1.59. The number of anilines is 2. The standard InChI is InChI=1S/C26H19ClF2N4O4S2/c1-14-22(10-24(38-14)26(34)32-20-6-17(27)7-21(9-20)33-39(2,35)36)25-23(8-19(29)12-31-25)37-13-16-3-15(11-30)4-18(28)5-16/h3-10,12,33H,13H2,1-2H3,(H,32,34). The van der Waals surface area contributed by atoms with E-state index < -0.39 is 27.6 Å². The SMILES string of the molecule is Cc1sc(C(=O)Nc2cc(Cl)cc(NS(C)(=O)=O)c2)cc1-c1ncc(F)cc1OCc1cc(F)cc(C#N)c1. The number of carbonyl (C=O) groups is 1. The molecular weight excluding hydrogens is 570 g/mol. The molecule has 4 aromatic rings. The number of ether oxygens (including phenoxy) is 1. The Morgan fingerprint density at radius 3 is 2.56 bits per heavy atom. The highest BCUT2D eigenvalue weighted by molar-refractivity contribution is 7.92. The van der Waals surface area contributed by atoms with Crippen LogP contribution in [-0.4, -0.2) is 25.6 Å².